The molecule has 0 aliphatic heterocycles. The van der Waals surface area contributed by atoms with Crippen LogP contribution in [0, 0.1) is 10.1 Å². The number of aryl methyl sites for hydroxylation is 1. The van der Waals surface area contributed by atoms with Crippen molar-refractivity contribution in [1.29, 1.82) is 0 Å². The van der Waals surface area contributed by atoms with Crippen LogP contribution in [0.25, 0.3) is 0 Å². The first-order valence-electron chi connectivity index (χ1n) is 9.42. The van der Waals surface area contributed by atoms with E-state index in [-0.39, 0.29) is 10.7 Å². The smallest absolute Gasteiger partial charge is 0.395 e. The number of rotatable bonds is 9. The van der Waals surface area contributed by atoms with E-state index in [9.17, 15) is 23.3 Å². The van der Waals surface area contributed by atoms with Gasteiger partial charge in [0.2, 0.25) is 0 Å². The SMILES string of the molecule is O=C(NC(C=CS(=O)(=O)c1ccccc1)CCc1ccccc1)c1ccc([N+](=O)[O-])o1. The molecule has 9 heteroatoms. The van der Waals surface area contributed by atoms with Crippen LogP contribution in [-0.4, -0.2) is 25.3 Å². The van der Waals surface area contributed by atoms with E-state index in [1.165, 1.54) is 24.3 Å². The third kappa shape index (κ3) is 6.13. The topological polar surface area (TPSA) is 120 Å². The van der Waals surface area contributed by atoms with E-state index in [0.29, 0.717) is 12.8 Å². The zero-order valence-electron chi connectivity index (χ0n) is 16.4. The van der Waals surface area contributed by atoms with Gasteiger partial charge in [-0.15, -0.1) is 0 Å². The highest BCUT2D eigenvalue weighted by molar-refractivity contribution is 7.94. The van der Waals surface area contributed by atoms with E-state index in [4.69, 9.17) is 4.42 Å². The van der Waals surface area contributed by atoms with Crippen molar-refractivity contribution in [3.8, 4) is 0 Å². The van der Waals surface area contributed by atoms with E-state index < -0.39 is 32.6 Å². The molecule has 3 aromatic rings. The van der Waals surface area contributed by atoms with Gasteiger partial charge in [0, 0.05) is 11.4 Å². The van der Waals surface area contributed by atoms with E-state index in [1.807, 2.05) is 30.3 Å². The number of sulfone groups is 1. The first kappa shape index (κ1) is 22.0. The summed E-state index contributed by atoms with van der Waals surface area (Å²) in [5.74, 6) is -1.45. The lowest BCUT2D eigenvalue weighted by atomic mass is 10.1. The van der Waals surface area contributed by atoms with Crippen LogP contribution in [0.5, 0.6) is 0 Å². The molecule has 1 atom stereocenters. The van der Waals surface area contributed by atoms with Crippen molar-refractivity contribution >= 4 is 21.6 Å². The quantitative estimate of drug-likeness (QED) is 0.398. The fraction of sp³-hybridized carbons (Fsp3) is 0.136. The predicted octanol–water partition coefficient (Wildman–Crippen LogP) is 3.91. The van der Waals surface area contributed by atoms with Crippen LogP contribution in [0.2, 0.25) is 0 Å². The molecule has 0 spiro atoms. The van der Waals surface area contributed by atoms with Gasteiger partial charge in [0.15, 0.2) is 15.6 Å². The van der Waals surface area contributed by atoms with Gasteiger partial charge >= 0.3 is 5.88 Å². The molecule has 8 nitrogen and oxygen atoms in total. The fourth-order valence-corrected chi connectivity index (χ4v) is 3.95. The monoisotopic (exact) mass is 440 g/mol. The van der Waals surface area contributed by atoms with Gasteiger partial charge in [0.25, 0.3) is 5.91 Å². The van der Waals surface area contributed by atoms with Gasteiger partial charge in [-0.3, -0.25) is 14.9 Å². The zero-order chi connectivity index (χ0) is 22.3. The molecule has 160 valence electrons. The van der Waals surface area contributed by atoms with Crippen molar-refractivity contribution in [3.63, 3.8) is 0 Å². The van der Waals surface area contributed by atoms with Gasteiger partial charge in [0.05, 0.1) is 11.0 Å². The highest BCUT2D eigenvalue weighted by Gasteiger charge is 2.20. The van der Waals surface area contributed by atoms with Gasteiger partial charge in [-0.2, -0.15) is 0 Å². The van der Waals surface area contributed by atoms with Crippen molar-refractivity contribution in [2.24, 2.45) is 0 Å². The summed E-state index contributed by atoms with van der Waals surface area (Å²) in [6, 6.07) is 19.1. The van der Waals surface area contributed by atoms with Crippen LogP contribution in [0.1, 0.15) is 22.5 Å². The summed E-state index contributed by atoms with van der Waals surface area (Å²) in [6.07, 6.45) is 2.40. The lowest BCUT2D eigenvalue weighted by Gasteiger charge is -2.14. The molecule has 3 rings (SSSR count). The first-order chi connectivity index (χ1) is 14.8. The molecule has 2 aromatic carbocycles. The molecule has 1 amide bonds. The number of hydrogen-bond acceptors (Lipinski definition) is 6. The third-order valence-electron chi connectivity index (χ3n) is 4.46. The molecule has 31 heavy (non-hydrogen) atoms. The molecule has 0 aliphatic carbocycles. The lowest BCUT2D eigenvalue weighted by molar-refractivity contribution is -0.402. The molecule has 0 saturated heterocycles. The van der Waals surface area contributed by atoms with E-state index >= 15 is 0 Å². The molecular formula is C22H20N2O6S. The van der Waals surface area contributed by atoms with Gasteiger partial charge in [-0.25, -0.2) is 8.42 Å². The van der Waals surface area contributed by atoms with Crippen molar-refractivity contribution < 1.29 is 22.6 Å². The molecule has 1 heterocycles. The average molecular weight is 440 g/mol. The predicted molar refractivity (Wildman–Crippen MR) is 114 cm³/mol. The number of carbonyl (C=O) groups is 1. The second kappa shape index (κ2) is 9.86. The van der Waals surface area contributed by atoms with Crippen LogP contribution >= 0.6 is 0 Å². The summed E-state index contributed by atoms with van der Waals surface area (Å²) in [7, 11) is -3.69. The maximum Gasteiger partial charge on any atom is 0.433 e. The number of hydrogen-bond donors (Lipinski definition) is 1. The summed E-state index contributed by atoms with van der Waals surface area (Å²) in [4.78, 5) is 22.7. The van der Waals surface area contributed by atoms with Crippen LogP contribution < -0.4 is 5.32 Å². The molecule has 0 fully saturated rings. The normalized spacial score (nSPS) is 12.5. The van der Waals surface area contributed by atoms with Gasteiger partial charge < -0.3 is 9.73 Å². The Kier molecular flexibility index (Phi) is 6.99. The molecule has 0 aliphatic rings. The highest BCUT2D eigenvalue weighted by Crippen LogP contribution is 2.17. The highest BCUT2D eigenvalue weighted by atomic mass is 32.2. The molecule has 1 N–H and O–H groups in total. The Labute approximate surface area is 179 Å². The molecule has 0 saturated carbocycles. The Hall–Kier alpha value is -3.72. The van der Waals surface area contributed by atoms with E-state index in [2.05, 4.69) is 5.32 Å². The van der Waals surface area contributed by atoms with Crippen LogP contribution in [-0.2, 0) is 16.3 Å². The molecule has 1 unspecified atom stereocenters. The van der Waals surface area contributed by atoms with Crippen molar-refractivity contribution in [2.45, 2.75) is 23.8 Å². The van der Waals surface area contributed by atoms with E-state index in [1.54, 1.807) is 18.2 Å². The second-order valence-corrected chi connectivity index (χ2v) is 8.52. The van der Waals surface area contributed by atoms with Crippen LogP contribution in [0.4, 0.5) is 5.88 Å². The lowest BCUT2D eigenvalue weighted by Crippen LogP contribution is -2.33. The van der Waals surface area contributed by atoms with Crippen molar-refractivity contribution in [1.82, 2.24) is 5.32 Å². The minimum absolute atomic E-state index is 0.140. The summed E-state index contributed by atoms with van der Waals surface area (Å²) in [5, 5.41) is 14.5. The number of amides is 1. The minimum atomic E-state index is -3.69. The van der Waals surface area contributed by atoms with E-state index in [0.717, 1.165) is 17.0 Å². The molecular weight excluding hydrogens is 420 g/mol. The van der Waals surface area contributed by atoms with Gasteiger partial charge in [-0.1, -0.05) is 54.6 Å². The number of carbonyl (C=O) groups excluding carboxylic acids is 1. The maximum atomic E-state index is 12.6. The number of nitro groups is 1. The Bertz CT molecular complexity index is 1170. The van der Waals surface area contributed by atoms with Gasteiger partial charge in [-0.05, 0) is 36.6 Å². The summed E-state index contributed by atoms with van der Waals surface area (Å²) in [5.41, 5.74) is 1.02. The second-order valence-electron chi connectivity index (χ2n) is 6.69. The largest absolute Gasteiger partial charge is 0.433 e. The summed E-state index contributed by atoms with van der Waals surface area (Å²) in [6.45, 7) is 0. The molecule has 0 bridgehead atoms. The summed E-state index contributed by atoms with van der Waals surface area (Å²) < 4.78 is 30.0. The number of benzene rings is 2. The average Bonchev–Trinajstić information content (AvgIpc) is 3.28. The van der Waals surface area contributed by atoms with Crippen LogP contribution in [0.3, 0.4) is 0 Å². The third-order valence-corrected chi connectivity index (χ3v) is 5.91. The minimum Gasteiger partial charge on any atom is -0.395 e. The fourth-order valence-electron chi connectivity index (χ4n) is 2.86. The number of furan rings is 1. The van der Waals surface area contributed by atoms with Crippen LogP contribution in [0.15, 0.2) is 93.6 Å². The summed E-state index contributed by atoms with van der Waals surface area (Å²) >= 11 is 0. The maximum absolute atomic E-state index is 12.6. The molecule has 0 radical (unpaired) electrons. The Morgan fingerprint density at radius 3 is 2.29 bits per heavy atom. The molecule has 1 aromatic heterocycles. The zero-order valence-corrected chi connectivity index (χ0v) is 17.2. The Balaban J connectivity index is 1.78. The van der Waals surface area contributed by atoms with Crippen molar-refractivity contribution in [3.05, 3.63) is 106 Å². The number of nitrogens with zero attached hydrogens (tertiary/aromatic N) is 1. The van der Waals surface area contributed by atoms with Crippen molar-refractivity contribution in [2.75, 3.05) is 0 Å². The Morgan fingerprint density at radius 2 is 1.68 bits per heavy atom. The number of nitrogens with one attached hydrogen (secondary N) is 1. The standard InChI is InChI=1S/C22H20N2O6S/c25-22(20-13-14-21(30-20)24(26)27)23-18(12-11-17-7-3-1-4-8-17)15-16-31(28,29)19-9-5-2-6-10-19/h1-10,13-16,18H,11-12H2,(H,23,25). The van der Waals surface area contributed by atoms with Gasteiger partial charge in [0.1, 0.15) is 4.92 Å². The Morgan fingerprint density at radius 1 is 1.03 bits per heavy atom. The first-order valence-corrected chi connectivity index (χ1v) is 11.0.